The highest BCUT2D eigenvalue weighted by molar-refractivity contribution is 5.55. The van der Waals surface area contributed by atoms with Gasteiger partial charge in [0.2, 0.25) is 11.7 Å². The first-order valence-corrected chi connectivity index (χ1v) is 6.19. The minimum atomic E-state index is -4.40. The largest absolute Gasteiger partial charge is 0.416 e. The van der Waals surface area contributed by atoms with Gasteiger partial charge in [-0.1, -0.05) is 17.3 Å². The van der Waals surface area contributed by atoms with E-state index in [0.717, 1.165) is 31.4 Å². The third-order valence-corrected chi connectivity index (χ3v) is 3.55. The highest BCUT2D eigenvalue weighted by Crippen LogP contribution is 2.38. The van der Waals surface area contributed by atoms with E-state index < -0.39 is 17.3 Å². The number of benzene rings is 1. The van der Waals surface area contributed by atoms with Crippen LogP contribution >= 0.6 is 0 Å². The molecule has 1 fully saturated rings. The van der Waals surface area contributed by atoms with Gasteiger partial charge in [0, 0.05) is 5.56 Å². The lowest BCUT2D eigenvalue weighted by Crippen LogP contribution is -2.43. The van der Waals surface area contributed by atoms with Crippen molar-refractivity contribution in [1.82, 2.24) is 10.1 Å². The second-order valence-corrected chi connectivity index (χ2v) is 5.01. The van der Waals surface area contributed by atoms with Crippen LogP contribution in [0.15, 0.2) is 28.8 Å². The summed E-state index contributed by atoms with van der Waals surface area (Å²) in [6.45, 7) is 0. The van der Waals surface area contributed by atoms with Crippen molar-refractivity contribution in [3.05, 3.63) is 35.7 Å². The second-order valence-electron chi connectivity index (χ2n) is 5.01. The van der Waals surface area contributed by atoms with Crippen LogP contribution in [0.1, 0.15) is 30.7 Å². The molecule has 106 valence electrons. The van der Waals surface area contributed by atoms with Crippen molar-refractivity contribution in [1.29, 1.82) is 0 Å². The molecule has 0 bridgehead atoms. The Bertz CT molecular complexity index is 632. The Morgan fingerprint density at radius 3 is 2.60 bits per heavy atom. The molecule has 1 aliphatic rings. The summed E-state index contributed by atoms with van der Waals surface area (Å²) in [5, 5.41) is 3.72. The fourth-order valence-electron chi connectivity index (χ4n) is 2.15. The molecule has 2 aromatic rings. The van der Waals surface area contributed by atoms with Crippen LogP contribution in [0.2, 0.25) is 0 Å². The Morgan fingerprint density at radius 2 is 2.00 bits per heavy atom. The van der Waals surface area contributed by atoms with E-state index in [0.29, 0.717) is 0 Å². The van der Waals surface area contributed by atoms with Crippen molar-refractivity contribution in [3.8, 4) is 11.4 Å². The molecule has 0 saturated heterocycles. The van der Waals surface area contributed by atoms with Crippen molar-refractivity contribution >= 4 is 0 Å². The second kappa shape index (κ2) is 4.31. The molecule has 1 heterocycles. The van der Waals surface area contributed by atoms with Crippen LogP contribution in [0.25, 0.3) is 11.4 Å². The maximum atomic E-state index is 12.7. The Labute approximate surface area is 112 Å². The third-order valence-electron chi connectivity index (χ3n) is 3.55. The van der Waals surface area contributed by atoms with Gasteiger partial charge in [0.25, 0.3) is 0 Å². The number of alkyl halides is 3. The highest BCUT2D eigenvalue weighted by atomic mass is 19.4. The molecule has 20 heavy (non-hydrogen) atoms. The quantitative estimate of drug-likeness (QED) is 0.919. The first kappa shape index (κ1) is 13.1. The standard InChI is InChI=1S/C13H12F3N3O/c14-13(15,16)9-4-1-3-8(7-9)10-18-11(20-19-10)12(17)5-2-6-12/h1,3-4,7H,2,5-6,17H2. The van der Waals surface area contributed by atoms with Gasteiger partial charge in [-0.2, -0.15) is 18.2 Å². The molecule has 0 radical (unpaired) electrons. The van der Waals surface area contributed by atoms with Gasteiger partial charge >= 0.3 is 6.18 Å². The van der Waals surface area contributed by atoms with Crippen molar-refractivity contribution in [2.75, 3.05) is 0 Å². The maximum Gasteiger partial charge on any atom is 0.416 e. The third kappa shape index (κ3) is 2.18. The molecule has 1 aromatic carbocycles. The number of nitrogens with zero attached hydrogens (tertiary/aromatic N) is 2. The van der Waals surface area contributed by atoms with E-state index in [1.807, 2.05) is 0 Å². The summed E-state index contributed by atoms with van der Waals surface area (Å²) in [6, 6.07) is 4.82. The lowest BCUT2D eigenvalue weighted by atomic mass is 9.78. The summed E-state index contributed by atoms with van der Waals surface area (Å²) in [5.41, 5.74) is 4.94. The van der Waals surface area contributed by atoms with Crippen LogP contribution in [0.4, 0.5) is 13.2 Å². The molecule has 2 N–H and O–H groups in total. The van der Waals surface area contributed by atoms with Crippen molar-refractivity contribution in [2.45, 2.75) is 31.0 Å². The zero-order valence-electron chi connectivity index (χ0n) is 10.4. The van der Waals surface area contributed by atoms with Gasteiger partial charge in [0.1, 0.15) is 0 Å². The van der Waals surface area contributed by atoms with Gasteiger partial charge in [0.15, 0.2) is 0 Å². The Morgan fingerprint density at radius 1 is 1.25 bits per heavy atom. The van der Waals surface area contributed by atoms with Gasteiger partial charge in [-0.25, -0.2) is 0 Å². The number of halogens is 3. The SMILES string of the molecule is NC1(c2nc(-c3cccc(C(F)(F)F)c3)no2)CCC1. The Kier molecular flexibility index (Phi) is 2.82. The molecular formula is C13H12F3N3O. The van der Waals surface area contributed by atoms with E-state index in [4.69, 9.17) is 10.3 Å². The van der Waals surface area contributed by atoms with Gasteiger partial charge < -0.3 is 10.3 Å². The Balaban J connectivity index is 1.94. The lowest BCUT2D eigenvalue weighted by molar-refractivity contribution is -0.137. The molecule has 7 heteroatoms. The maximum absolute atomic E-state index is 12.7. The monoisotopic (exact) mass is 283 g/mol. The number of hydrogen-bond donors (Lipinski definition) is 1. The number of aromatic nitrogens is 2. The molecule has 4 nitrogen and oxygen atoms in total. The molecule has 1 aromatic heterocycles. The predicted octanol–water partition coefficient (Wildman–Crippen LogP) is 3.09. The van der Waals surface area contributed by atoms with Crippen LogP contribution in [-0.2, 0) is 11.7 Å². The summed E-state index contributed by atoms with van der Waals surface area (Å²) < 4.78 is 43.1. The fraction of sp³-hybridized carbons (Fsp3) is 0.385. The van der Waals surface area contributed by atoms with Crippen molar-refractivity contribution in [3.63, 3.8) is 0 Å². The van der Waals surface area contributed by atoms with E-state index in [9.17, 15) is 13.2 Å². The van der Waals surface area contributed by atoms with Crippen LogP contribution in [0, 0.1) is 0 Å². The minimum Gasteiger partial charge on any atom is -0.337 e. The number of nitrogens with two attached hydrogens (primary N) is 1. The van der Waals surface area contributed by atoms with Crippen LogP contribution in [-0.4, -0.2) is 10.1 Å². The molecule has 0 amide bonds. The summed E-state index contributed by atoms with van der Waals surface area (Å²) >= 11 is 0. The molecule has 0 atom stereocenters. The summed E-state index contributed by atoms with van der Waals surface area (Å²) in [4.78, 5) is 4.13. The van der Waals surface area contributed by atoms with Crippen LogP contribution in [0.3, 0.4) is 0 Å². The van der Waals surface area contributed by atoms with Gasteiger partial charge in [-0.05, 0) is 31.4 Å². The predicted molar refractivity (Wildman–Crippen MR) is 64.5 cm³/mol. The molecule has 1 aliphatic carbocycles. The summed E-state index contributed by atoms with van der Waals surface area (Å²) in [5.74, 6) is 0.416. The average molecular weight is 283 g/mol. The van der Waals surface area contributed by atoms with Gasteiger partial charge in [0.05, 0.1) is 11.1 Å². The zero-order chi connectivity index (χ0) is 14.4. The molecular weight excluding hydrogens is 271 g/mol. The van der Waals surface area contributed by atoms with Crippen LogP contribution in [0.5, 0.6) is 0 Å². The number of rotatable bonds is 2. The first-order chi connectivity index (χ1) is 9.38. The van der Waals surface area contributed by atoms with E-state index >= 15 is 0 Å². The smallest absolute Gasteiger partial charge is 0.337 e. The van der Waals surface area contributed by atoms with Crippen molar-refractivity contribution in [2.24, 2.45) is 5.73 Å². The van der Waals surface area contributed by atoms with Gasteiger partial charge in [-0.3, -0.25) is 0 Å². The zero-order valence-corrected chi connectivity index (χ0v) is 10.4. The van der Waals surface area contributed by atoms with E-state index in [1.54, 1.807) is 0 Å². The summed E-state index contributed by atoms with van der Waals surface area (Å²) in [7, 11) is 0. The number of hydrogen-bond acceptors (Lipinski definition) is 4. The molecule has 1 saturated carbocycles. The Hall–Kier alpha value is -1.89. The minimum absolute atomic E-state index is 0.128. The summed E-state index contributed by atoms with van der Waals surface area (Å²) in [6.07, 6.45) is -1.92. The molecule has 3 rings (SSSR count). The van der Waals surface area contributed by atoms with Gasteiger partial charge in [-0.15, -0.1) is 0 Å². The van der Waals surface area contributed by atoms with E-state index in [1.165, 1.54) is 12.1 Å². The molecule has 0 spiro atoms. The van der Waals surface area contributed by atoms with E-state index in [2.05, 4.69) is 10.1 Å². The lowest BCUT2D eigenvalue weighted by Gasteiger charge is -2.33. The van der Waals surface area contributed by atoms with E-state index in [-0.39, 0.29) is 17.3 Å². The highest BCUT2D eigenvalue weighted by Gasteiger charge is 2.40. The average Bonchev–Trinajstić information content (AvgIpc) is 2.85. The van der Waals surface area contributed by atoms with Crippen molar-refractivity contribution < 1.29 is 17.7 Å². The molecule has 0 aliphatic heterocycles. The topological polar surface area (TPSA) is 64.9 Å². The molecule has 0 unspecified atom stereocenters. The van der Waals surface area contributed by atoms with Crippen LogP contribution < -0.4 is 5.73 Å². The fourth-order valence-corrected chi connectivity index (χ4v) is 2.15. The normalized spacial score (nSPS) is 17.8. The first-order valence-electron chi connectivity index (χ1n) is 6.19.